The second kappa shape index (κ2) is 16.9. The van der Waals surface area contributed by atoms with Crippen LogP contribution in [0.3, 0.4) is 0 Å². The highest BCUT2D eigenvalue weighted by molar-refractivity contribution is 6.74. The Morgan fingerprint density at radius 2 is 1.49 bits per heavy atom. The SMILES string of the molecule is COc1ccc(COC[C@H](C)[C@H]2O[C@@]2(C)[C@@H](O[Si](C)(C)C(C)(C)C)[C@@H](CO[Si](C)(C)C(C)(C)C)[C@H](OC(C)=O)[C@@H](C=O)COC(C)=O)cc1. The number of hydrogen-bond donors (Lipinski definition) is 0. The van der Waals surface area contributed by atoms with Crippen LogP contribution in [0, 0.1) is 17.8 Å². The first-order chi connectivity index (χ1) is 22.4. The molecular weight excluding hydrogens is 661 g/mol. The molecule has 0 unspecified atom stereocenters. The fourth-order valence-corrected chi connectivity index (χ4v) is 7.87. The number of carbonyl (C=O) groups is 3. The summed E-state index contributed by atoms with van der Waals surface area (Å²) >= 11 is 0. The van der Waals surface area contributed by atoms with Crippen molar-refractivity contribution in [3.8, 4) is 5.75 Å². The fraction of sp³-hybridized carbons (Fsp3) is 0.757. The molecule has 0 radical (unpaired) electrons. The molecule has 1 heterocycles. The summed E-state index contributed by atoms with van der Waals surface area (Å²) in [7, 11) is -3.20. The number of methoxy groups -OCH3 is 1. The average molecular weight is 725 g/mol. The number of epoxide rings is 1. The van der Waals surface area contributed by atoms with Crippen molar-refractivity contribution in [3.63, 3.8) is 0 Å². The minimum absolute atomic E-state index is 0.00851. The lowest BCUT2D eigenvalue weighted by Gasteiger charge is -2.46. The Hall–Kier alpha value is -2.10. The molecule has 1 aliphatic heterocycles. The summed E-state index contributed by atoms with van der Waals surface area (Å²) in [6.45, 7) is 29.2. The van der Waals surface area contributed by atoms with Gasteiger partial charge in [0.1, 0.15) is 30.3 Å². The minimum Gasteiger partial charge on any atom is -0.497 e. The molecule has 0 N–H and O–H groups in total. The van der Waals surface area contributed by atoms with Crippen LogP contribution in [0.5, 0.6) is 5.75 Å². The van der Waals surface area contributed by atoms with Crippen molar-refractivity contribution in [2.45, 2.75) is 136 Å². The van der Waals surface area contributed by atoms with Gasteiger partial charge in [0, 0.05) is 32.3 Å². The summed E-state index contributed by atoms with van der Waals surface area (Å²) in [6, 6.07) is 7.77. The van der Waals surface area contributed by atoms with Gasteiger partial charge in [-0.25, -0.2) is 0 Å². The Labute approximate surface area is 297 Å². The number of aldehydes is 1. The molecule has 1 aromatic rings. The molecular formula is C37H64O10Si2. The highest BCUT2D eigenvalue weighted by atomic mass is 28.4. The highest BCUT2D eigenvalue weighted by Crippen LogP contribution is 2.51. The second-order valence-corrected chi connectivity index (χ2v) is 26.3. The maximum atomic E-state index is 12.7. The molecule has 1 saturated heterocycles. The lowest BCUT2D eigenvalue weighted by molar-refractivity contribution is -0.163. The summed E-state index contributed by atoms with van der Waals surface area (Å²) in [5, 5.41) is -0.271. The van der Waals surface area contributed by atoms with Crippen molar-refractivity contribution in [3.05, 3.63) is 29.8 Å². The number of carbonyl (C=O) groups excluding carboxylic acids is 3. The highest BCUT2D eigenvalue weighted by Gasteiger charge is 2.65. The van der Waals surface area contributed by atoms with E-state index in [4.69, 9.17) is 32.5 Å². The molecule has 280 valence electrons. The largest absolute Gasteiger partial charge is 0.497 e. The van der Waals surface area contributed by atoms with E-state index in [1.165, 1.54) is 13.8 Å². The molecule has 1 aromatic carbocycles. The van der Waals surface area contributed by atoms with E-state index in [9.17, 15) is 14.4 Å². The van der Waals surface area contributed by atoms with Gasteiger partial charge in [-0.3, -0.25) is 9.59 Å². The molecule has 12 heteroatoms. The van der Waals surface area contributed by atoms with Gasteiger partial charge in [-0.15, -0.1) is 0 Å². The summed E-state index contributed by atoms with van der Waals surface area (Å²) in [4.78, 5) is 37.2. The molecule has 10 nitrogen and oxygen atoms in total. The summed E-state index contributed by atoms with van der Waals surface area (Å²) < 4.78 is 43.5. The first-order valence-corrected chi connectivity index (χ1v) is 23.2. The van der Waals surface area contributed by atoms with Gasteiger partial charge in [0.2, 0.25) is 0 Å². The molecule has 0 amide bonds. The summed E-state index contributed by atoms with van der Waals surface area (Å²) in [5.41, 5.74) is 0.221. The lowest BCUT2D eigenvalue weighted by Crippen LogP contribution is -2.57. The molecule has 0 spiro atoms. The summed E-state index contributed by atoms with van der Waals surface area (Å²) in [5.74, 6) is -1.88. The predicted octanol–water partition coefficient (Wildman–Crippen LogP) is 7.34. The van der Waals surface area contributed by atoms with Gasteiger partial charge in [0.05, 0.1) is 38.4 Å². The van der Waals surface area contributed by atoms with Crippen LogP contribution < -0.4 is 4.74 Å². The molecule has 0 bridgehead atoms. The molecule has 0 aliphatic carbocycles. The van der Waals surface area contributed by atoms with E-state index in [0.29, 0.717) is 19.5 Å². The van der Waals surface area contributed by atoms with Gasteiger partial charge in [-0.2, -0.15) is 0 Å². The van der Waals surface area contributed by atoms with Gasteiger partial charge in [0.25, 0.3) is 0 Å². The maximum absolute atomic E-state index is 12.7. The maximum Gasteiger partial charge on any atom is 0.302 e. The van der Waals surface area contributed by atoms with Crippen LogP contribution in [-0.4, -0.2) is 85.7 Å². The first-order valence-electron chi connectivity index (χ1n) is 17.4. The van der Waals surface area contributed by atoms with Gasteiger partial charge >= 0.3 is 11.9 Å². The molecule has 0 saturated carbocycles. The Morgan fingerprint density at radius 3 is 1.96 bits per heavy atom. The fourth-order valence-electron chi connectivity index (χ4n) is 5.43. The zero-order chi connectivity index (χ0) is 37.6. The van der Waals surface area contributed by atoms with Gasteiger partial charge < -0.3 is 37.3 Å². The number of rotatable bonds is 19. The van der Waals surface area contributed by atoms with Crippen LogP contribution in [0.15, 0.2) is 24.3 Å². The van der Waals surface area contributed by atoms with Crippen molar-refractivity contribution in [2.24, 2.45) is 17.8 Å². The van der Waals surface area contributed by atoms with E-state index in [0.717, 1.165) is 11.3 Å². The molecule has 1 fully saturated rings. The third-order valence-corrected chi connectivity index (χ3v) is 19.6. The van der Waals surface area contributed by atoms with E-state index in [-0.39, 0.29) is 35.3 Å². The van der Waals surface area contributed by atoms with E-state index in [1.54, 1.807) is 7.11 Å². The first kappa shape index (κ1) is 43.1. The molecule has 2 rings (SSSR count). The molecule has 7 atom stereocenters. The van der Waals surface area contributed by atoms with Crippen LogP contribution in [0.1, 0.15) is 74.8 Å². The second-order valence-electron chi connectivity index (χ2n) is 16.8. The van der Waals surface area contributed by atoms with Crippen LogP contribution in [0.4, 0.5) is 0 Å². The van der Waals surface area contributed by atoms with E-state index >= 15 is 0 Å². The Morgan fingerprint density at radius 1 is 0.918 bits per heavy atom. The number of benzene rings is 1. The zero-order valence-corrected chi connectivity index (χ0v) is 34.8. The Balaban J connectivity index is 2.57. The number of hydrogen-bond acceptors (Lipinski definition) is 10. The van der Waals surface area contributed by atoms with Gasteiger partial charge in [0.15, 0.2) is 16.6 Å². The monoisotopic (exact) mass is 724 g/mol. The normalized spacial score (nSPS) is 21.6. The van der Waals surface area contributed by atoms with Crippen LogP contribution in [-0.2, 0) is 48.8 Å². The third kappa shape index (κ3) is 11.7. The van der Waals surface area contributed by atoms with Gasteiger partial charge in [-0.05, 0) is 60.9 Å². The average Bonchev–Trinajstić information content (AvgIpc) is 3.67. The van der Waals surface area contributed by atoms with Crippen LogP contribution in [0.25, 0.3) is 0 Å². The Bertz CT molecular complexity index is 1240. The molecule has 1 aliphatic rings. The van der Waals surface area contributed by atoms with Crippen molar-refractivity contribution in [1.82, 2.24) is 0 Å². The van der Waals surface area contributed by atoms with Gasteiger partial charge in [-0.1, -0.05) is 60.6 Å². The van der Waals surface area contributed by atoms with E-state index < -0.39 is 58.2 Å². The van der Waals surface area contributed by atoms with Crippen LogP contribution >= 0.6 is 0 Å². The zero-order valence-electron chi connectivity index (χ0n) is 32.8. The predicted molar refractivity (Wildman–Crippen MR) is 196 cm³/mol. The Kier molecular flexibility index (Phi) is 14.9. The van der Waals surface area contributed by atoms with E-state index in [2.05, 4.69) is 74.7 Å². The van der Waals surface area contributed by atoms with E-state index in [1.807, 2.05) is 31.2 Å². The van der Waals surface area contributed by atoms with Crippen molar-refractivity contribution < 1.29 is 46.9 Å². The van der Waals surface area contributed by atoms with Crippen molar-refractivity contribution >= 4 is 34.9 Å². The molecule has 0 aromatic heterocycles. The topological polar surface area (TPSA) is 119 Å². The summed E-state index contributed by atoms with van der Waals surface area (Å²) in [6.07, 6.45) is -1.18. The number of esters is 2. The third-order valence-electron chi connectivity index (χ3n) is 10.6. The quantitative estimate of drug-likeness (QED) is 0.0621. The standard InChI is InChI=1S/C37H64O10Si2/c1-25(21-42-22-28-16-18-30(41-11)19-17-28)33-37(10,46-33)34(47-49(14,15)36(7,8)9)31(24-44-48(12,13)35(4,5)6)32(45-27(3)40)29(20-38)23-43-26(2)39/h16-20,25,29,31-34H,21-24H2,1-15H3/t25-,29-,31-,32+,33+,34-,37+/m0/s1. The van der Waals surface area contributed by atoms with Crippen molar-refractivity contribution in [2.75, 3.05) is 26.9 Å². The lowest BCUT2D eigenvalue weighted by atomic mass is 9.80. The van der Waals surface area contributed by atoms with Crippen molar-refractivity contribution in [1.29, 1.82) is 0 Å². The molecule has 49 heavy (non-hydrogen) atoms. The smallest absolute Gasteiger partial charge is 0.302 e. The number of ether oxygens (including phenoxy) is 5. The minimum atomic E-state index is -2.50. The van der Waals surface area contributed by atoms with Crippen LogP contribution in [0.2, 0.25) is 36.3 Å².